The number of rotatable bonds is 4. The number of fused-ring (bicyclic) bond motifs is 1. The van der Waals surface area contributed by atoms with Gasteiger partial charge in [-0.05, 0) is 59.2 Å². The van der Waals surface area contributed by atoms with E-state index in [2.05, 4.69) is 34.2 Å². The van der Waals surface area contributed by atoms with Crippen LogP contribution >= 0.6 is 0 Å². The van der Waals surface area contributed by atoms with E-state index in [9.17, 15) is 13.2 Å². The molecule has 4 rings (SSSR count). The third kappa shape index (κ3) is 4.25. The minimum Gasteiger partial charge on any atom is -0.299 e. The molecule has 3 aromatic rings. The van der Waals surface area contributed by atoms with Crippen molar-refractivity contribution in [3.05, 3.63) is 83.7 Å². The lowest BCUT2D eigenvalue weighted by Crippen LogP contribution is -2.30. The highest BCUT2D eigenvalue weighted by Crippen LogP contribution is 2.31. The van der Waals surface area contributed by atoms with Gasteiger partial charge in [-0.15, -0.1) is 0 Å². The maximum absolute atomic E-state index is 12.7. The number of benzene rings is 2. The first-order valence-corrected chi connectivity index (χ1v) is 9.41. The Balaban J connectivity index is 1.35. The molecule has 0 aliphatic carbocycles. The Morgan fingerprint density at radius 1 is 0.964 bits per heavy atom. The Labute approximate surface area is 162 Å². The number of nitrogens with zero attached hydrogens (tertiary/aromatic N) is 2. The van der Waals surface area contributed by atoms with E-state index >= 15 is 0 Å². The summed E-state index contributed by atoms with van der Waals surface area (Å²) in [6.07, 6.45) is 3.36. The molecule has 144 valence electrons. The summed E-state index contributed by atoms with van der Waals surface area (Å²) in [5.74, 6) is 0. The van der Waals surface area contributed by atoms with Crippen molar-refractivity contribution in [2.75, 3.05) is 19.6 Å². The third-order valence-corrected chi connectivity index (χ3v) is 5.30. The van der Waals surface area contributed by atoms with Crippen molar-refractivity contribution in [2.24, 2.45) is 0 Å². The van der Waals surface area contributed by atoms with E-state index in [1.54, 1.807) is 18.3 Å². The van der Waals surface area contributed by atoms with Crippen LogP contribution in [0.15, 0.2) is 67.0 Å². The van der Waals surface area contributed by atoms with Gasteiger partial charge >= 0.3 is 6.18 Å². The molecule has 1 aliphatic heterocycles. The molecule has 0 saturated carbocycles. The first kappa shape index (κ1) is 18.7. The number of hydrogen-bond acceptors (Lipinski definition) is 2. The van der Waals surface area contributed by atoms with Crippen LogP contribution in [0.5, 0.6) is 0 Å². The largest absolute Gasteiger partial charge is 0.416 e. The molecule has 2 nitrogen and oxygen atoms in total. The van der Waals surface area contributed by atoms with Crippen molar-refractivity contribution in [1.29, 1.82) is 0 Å². The molecular formula is C23H21F3N2. The van der Waals surface area contributed by atoms with Crippen molar-refractivity contribution in [1.82, 2.24) is 9.88 Å². The zero-order chi connectivity index (χ0) is 19.6. The average molecular weight is 382 g/mol. The fourth-order valence-electron chi connectivity index (χ4n) is 3.63. The Morgan fingerprint density at radius 2 is 1.79 bits per heavy atom. The summed E-state index contributed by atoms with van der Waals surface area (Å²) < 4.78 is 38.1. The van der Waals surface area contributed by atoms with Gasteiger partial charge in [0.2, 0.25) is 0 Å². The standard InChI is InChI=1S/C23H21F3N2/c24-23(25,26)22-5-3-18(4-6-22)20-9-13-28(14-10-20)12-8-17-1-2-19-7-11-27-16-21(19)15-17/h1-7,9,11,15-16H,8,10,12-14H2. The van der Waals surface area contributed by atoms with Crippen LogP contribution in [-0.4, -0.2) is 29.5 Å². The SMILES string of the molecule is FC(F)(F)c1ccc(C2=CCN(CCc3ccc4ccncc4c3)CC2)cc1. The monoisotopic (exact) mass is 382 g/mol. The van der Waals surface area contributed by atoms with E-state index in [-0.39, 0.29) is 0 Å². The average Bonchev–Trinajstić information content (AvgIpc) is 2.72. The molecule has 0 N–H and O–H groups in total. The van der Waals surface area contributed by atoms with Crippen molar-refractivity contribution < 1.29 is 13.2 Å². The van der Waals surface area contributed by atoms with Crippen molar-refractivity contribution in [2.45, 2.75) is 19.0 Å². The molecule has 1 aliphatic rings. The summed E-state index contributed by atoms with van der Waals surface area (Å²) in [5.41, 5.74) is 2.70. The van der Waals surface area contributed by atoms with Crippen LogP contribution in [0.25, 0.3) is 16.3 Å². The molecule has 0 bridgehead atoms. The van der Waals surface area contributed by atoms with Gasteiger partial charge in [0.15, 0.2) is 0 Å². The highest BCUT2D eigenvalue weighted by molar-refractivity contribution is 5.82. The molecule has 28 heavy (non-hydrogen) atoms. The van der Waals surface area contributed by atoms with E-state index < -0.39 is 11.7 Å². The molecule has 0 amide bonds. The second-order valence-electron chi connectivity index (χ2n) is 7.16. The molecule has 0 atom stereocenters. The summed E-state index contributed by atoms with van der Waals surface area (Å²) >= 11 is 0. The summed E-state index contributed by atoms with van der Waals surface area (Å²) in [5, 5.41) is 2.35. The van der Waals surface area contributed by atoms with Gasteiger partial charge in [0.25, 0.3) is 0 Å². The van der Waals surface area contributed by atoms with Gasteiger partial charge in [0, 0.05) is 37.4 Å². The van der Waals surface area contributed by atoms with Crippen LogP contribution in [0.1, 0.15) is 23.1 Å². The normalized spacial score (nSPS) is 15.6. The second kappa shape index (κ2) is 7.76. The number of hydrogen-bond donors (Lipinski definition) is 0. The van der Waals surface area contributed by atoms with Crippen LogP contribution in [0.4, 0.5) is 13.2 Å². The Hall–Kier alpha value is -2.66. The summed E-state index contributed by atoms with van der Waals surface area (Å²) in [6, 6.07) is 14.0. The Morgan fingerprint density at radius 3 is 2.50 bits per heavy atom. The number of pyridine rings is 1. The summed E-state index contributed by atoms with van der Waals surface area (Å²) in [4.78, 5) is 6.56. The van der Waals surface area contributed by atoms with E-state index in [0.29, 0.717) is 0 Å². The molecule has 0 spiro atoms. The highest BCUT2D eigenvalue weighted by atomic mass is 19.4. The van der Waals surface area contributed by atoms with Crippen molar-refractivity contribution in [3.8, 4) is 0 Å². The predicted molar refractivity (Wildman–Crippen MR) is 106 cm³/mol. The third-order valence-electron chi connectivity index (χ3n) is 5.30. The van der Waals surface area contributed by atoms with Crippen LogP contribution < -0.4 is 0 Å². The molecule has 0 unspecified atom stereocenters. The zero-order valence-electron chi connectivity index (χ0n) is 15.4. The van der Waals surface area contributed by atoms with E-state index in [1.165, 1.54) is 10.9 Å². The van der Waals surface area contributed by atoms with Crippen LogP contribution in [-0.2, 0) is 12.6 Å². The van der Waals surface area contributed by atoms with Gasteiger partial charge in [-0.2, -0.15) is 13.2 Å². The van der Waals surface area contributed by atoms with Gasteiger partial charge in [-0.1, -0.05) is 30.3 Å². The first-order valence-electron chi connectivity index (χ1n) is 9.41. The summed E-state index contributed by atoms with van der Waals surface area (Å²) in [6.45, 7) is 2.70. The highest BCUT2D eigenvalue weighted by Gasteiger charge is 2.30. The lowest BCUT2D eigenvalue weighted by Gasteiger charge is -2.26. The topological polar surface area (TPSA) is 16.1 Å². The van der Waals surface area contributed by atoms with Gasteiger partial charge in [0.05, 0.1) is 5.56 Å². The molecule has 0 radical (unpaired) electrons. The predicted octanol–water partition coefficient (Wildman–Crippen LogP) is 5.59. The van der Waals surface area contributed by atoms with Gasteiger partial charge in [0.1, 0.15) is 0 Å². The second-order valence-corrected chi connectivity index (χ2v) is 7.16. The first-order chi connectivity index (χ1) is 13.5. The Bertz CT molecular complexity index is 991. The zero-order valence-corrected chi connectivity index (χ0v) is 15.4. The minimum atomic E-state index is -4.28. The van der Waals surface area contributed by atoms with E-state index in [4.69, 9.17) is 0 Å². The molecular weight excluding hydrogens is 361 g/mol. The maximum atomic E-state index is 12.7. The molecule has 2 aromatic carbocycles. The van der Waals surface area contributed by atoms with Crippen LogP contribution in [0, 0.1) is 0 Å². The van der Waals surface area contributed by atoms with Crippen LogP contribution in [0.2, 0.25) is 0 Å². The molecule has 5 heteroatoms. The smallest absolute Gasteiger partial charge is 0.299 e. The quantitative estimate of drug-likeness (QED) is 0.585. The van der Waals surface area contributed by atoms with Crippen molar-refractivity contribution >= 4 is 16.3 Å². The number of alkyl halides is 3. The lowest BCUT2D eigenvalue weighted by atomic mass is 9.98. The minimum absolute atomic E-state index is 0.597. The fraction of sp³-hybridized carbons (Fsp3) is 0.261. The fourth-order valence-corrected chi connectivity index (χ4v) is 3.63. The Kier molecular flexibility index (Phi) is 5.18. The van der Waals surface area contributed by atoms with Gasteiger partial charge < -0.3 is 0 Å². The van der Waals surface area contributed by atoms with Crippen molar-refractivity contribution in [3.63, 3.8) is 0 Å². The van der Waals surface area contributed by atoms with Gasteiger partial charge in [-0.25, -0.2) is 0 Å². The number of aromatic nitrogens is 1. The maximum Gasteiger partial charge on any atom is 0.416 e. The lowest BCUT2D eigenvalue weighted by molar-refractivity contribution is -0.137. The van der Waals surface area contributed by atoms with Crippen LogP contribution in [0.3, 0.4) is 0 Å². The number of halogens is 3. The van der Waals surface area contributed by atoms with E-state index in [1.807, 2.05) is 12.3 Å². The van der Waals surface area contributed by atoms with E-state index in [0.717, 1.165) is 61.1 Å². The molecule has 2 heterocycles. The van der Waals surface area contributed by atoms with Gasteiger partial charge in [-0.3, -0.25) is 9.88 Å². The molecule has 1 aromatic heterocycles. The summed E-state index contributed by atoms with van der Waals surface area (Å²) in [7, 11) is 0. The molecule has 0 saturated heterocycles. The molecule has 0 fully saturated rings.